The molecule has 1 N–H and O–H groups in total. The molecule has 160 valence electrons. The zero-order valence-corrected chi connectivity index (χ0v) is 17.5. The first-order valence-electron chi connectivity index (χ1n) is 9.78. The topological polar surface area (TPSA) is 97.9 Å². The molecule has 7 nitrogen and oxygen atoms in total. The van der Waals surface area contributed by atoms with E-state index < -0.39 is 12.2 Å². The summed E-state index contributed by atoms with van der Waals surface area (Å²) < 4.78 is 29.2. The van der Waals surface area contributed by atoms with Gasteiger partial charge in [0.15, 0.2) is 0 Å². The zero-order valence-electron chi connectivity index (χ0n) is 16.8. The first-order valence-corrected chi connectivity index (χ1v) is 10.2. The average molecular weight is 445 g/mol. The Kier molecular flexibility index (Phi) is 5.65. The van der Waals surface area contributed by atoms with Crippen molar-refractivity contribution in [2.24, 2.45) is 0 Å². The lowest BCUT2D eigenvalue weighted by molar-refractivity contribution is -0.0529. The van der Waals surface area contributed by atoms with Crippen LogP contribution in [0.4, 0.5) is 14.6 Å². The zero-order chi connectivity index (χ0) is 22.2. The van der Waals surface area contributed by atoms with E-state index in [4.69, 9.17) is 11.6 Å². The van der Waals surface area contributed by atoms with E-state index >= 15 is 0 Å². The number of hydrogen-bond acceptors (Lipinski definition) is 7. The number of nitrogens with zero attached hydrogens (tertiary/aromatic N) is 5. The summed E-state index contributed by atoms with van der Waals surface area (Å²) in [6.45, 7) is 0.559. The molecule has 0 atom stereocenters. The second-order valence-corrected chi connectivity index (χ2v) is 8.11. The summed E-state index contributed by atoms with van der Waals surface area (Å²) in [4.78, 5) is 10.6. The normalized spacial score (nSPS) is 16.9. The lowest BCUT2D eigenvalue weighted by Crippen LogP contribution is -2.33. The van der Waals surface area contributed by atoms with Crippen LogP contribution >= 0.6 is 11.6 Å². The van der Waals surface area contributed by atoms with Crippen molar-refractivity contribution in [3.8, 4) is 18.0 Å². The van der Waals surface area contributed by atoms with Gasteiger partial charge >= 0.3 is 6.61 Å². The van der Waals surface area contributed by atoms with E-state index in [9.17, 15) is 19.3 Å². The Balaban J connectivity index is 1.59. The summed E-state index contributed by atoms with van der Waals surface area (Å²) in [5.41, 5.74) is 2.95. The van der Waals surface area contributed by atoms with Gasteiger partial charge in [0.1, 0.15) is 22.6 Å². The molecule has 0 radical (unpaired) electrons. The van der Waals surface area contributed by atoms with Crippen molar-refractivity contribution in [2.45, 2.75) is 51.4 Å². The van der Waals surface area contributed by atoms with Crippen LogP contribution in [0.5, 0.6) is 5.88 Å². The van der Waals surface area contributed by atoms with Gasteiger partial charge < -0.3 is 10.1 Å². The summed E-state index contributed by atoms with van der Waals surface area (Å²) in [5, 5.41) is 22.4. The predicted octanol–water partition coefficient (Wildman–Crippen LogP) is 3.94. The molecular formula is C21H19ClF2N6O. The molecule has 0 bridgehead atoms. The van der Waals surface area contributed by atoms with Gasteiger partial charge in [-0.1, -0.05) is 17.7 Å². The largest absolute Gasteiger partial charge is 0.417 e. The maximum atomic E-state index is 12.4. The van der Waals surface area contributed by atoms with E-state index in [1.54, 1.807) is 13.0 Å². The van der Waals surface area contributed by atoms with Gasteiger partial charge in [-0.05, 0) is 37.3 Å². The van der Waals surface area contributed by atoms with Gasteiger partial charge in [0.2, 0.25) is 5.88 Å². The maximum Gasteiger partial charge on any atom is 0.388 e. The van der Waals surface area contributed by atoms with E-state index in [-0.39, 0.29) is 11.0 Å². The number of nitriles is 2. The van der Waals surface area contributed by atoms with Crippen molar-refractivity contribution < 1.29 is 13.5 Å². The lowest BCUT2D eigenvalue weighted by atomic mass is 9.95. The summed E-state index contributed by atoms with van der Waals surface area (Å²) in [5.74, 6) is 0.425. The molecule has 1 saturated carbocycles. The molecule has 1 fully saturated rings. The number of nitrogens with one attached hydrogen (secondary N) is 1. The summed E-state index contributed by atoms with van der Waals surface area (Å²) in [6.07, 6.45) is 2.08. The maximum absolute atomic E-state index is 12.4. The van der Waals surface area contributed by atoms with Crippen molar-refractivity contribution in [1.29, 1.82) is 10.5 Å². The van der Waals surface area contributed by atoms with Gasteiger partial charge in [-0.25, -0.2) is 9.97 Å². The Hall–Kier alpha value is -3.01. The van der Waals surface area contributed by atoms with Gasteiger partial charge in [-0.3, -0.25) is 4.90 Å². The number of alkyl halides is 2. The number of pyridine rings is 2. The van der Waals surface area contributed by atoms with Crippen molar-refractivity contribution in [1.82, 2.24) is 14.9 Å². The minimum Gasteiger partial charge on any atom is -0.417 e. The third-order valence-electron chi connectivity index (χ3n) is 5.63. The lowest BCUT2D eigenvalue weighted by Gasteiger charge is -2.31. The van der Waals surface area contributed by atoms with Crippen LogP contribution < -0.4 is 10.1 Å². The molecule has 2 aromatic rings. The SMILES string of the molecule is Cc1nc(OC(F)F)ccc1CN1CCc2c(C#N)c(Cl)nc(NC3(C#N)CC3)c2C1. The monoisotopic (exact) mass is 444 g/mol. The highest BCUT2D eigenvalue weighted by Gasteiger charge is 2.44. The van der Waals surface area contributed by atoms with Crippen molar-refractivity contribution in [3.63, 3.8) is 0 Å². The van der Waals surface area contributed by atoms with Gasteiger partial charge in [-0.2, -0.15) is 19.3 Å². The highest BCUT2D eigenvalue weighted by Crippen LogP contribution is 2.41. The molecule has 1 aliphatic heterocycles. The number of fused-ring (bicyclic) bond motifs is 1. The van der Waals surface area contributed by atoms with Crippen LogP contribution in [0, 0.1) is 29.6 Å². The summed E-state index contributed by atoms with van der Waals surface area (Å²) in [6, 6.07) is 7.59. The Morgan fingerprint density at radius 3 is 2.68 bits per heavy atom. The van der Waals surface area contributed by atoms with Gasteiger partial charge in [0.05, 0.1) is 11.6 Å². The molecule has 2 aromatic heterocycles. The molecule has 0 unspecified atom stereocenters. The Labute approximate surface area is 183 Å². The van der Waals surface area contributed by atoms with Crippen molar-refractivity contribution >= 4 is 17.4 Å². The Morgan fingerprint density at radius 1 is 1.29 bits per heavy atom. The molecular weight excluding hydrogens is 426 g/mol. The van der Waals surface area contributed by atoms with Crippen LogP contribution in [-0.4, -0.2) is 33.6 Å². The van der Waals surface area contributed by atoms with Gasteiger partial charge in [-0.15, -0.1) is 0 Å². The fourth-order valence-electron chi connectivity index (χ4n) is 3.76. The molecule has 1 aliphatic carbocycles. The smallest absolute Gasteiger partial charge is 0.388 e. The van der Waals surface area contributed by atoms with E-state index in [0.717, 1.165) is 29.5 Å². The third kappa shape index (κ3) is 4.39. The van der Waals surface area contributed by atoms with Crippen LogP contribution in [0.3, 0.4) is 0 Å². The third-order valence-corrected chi connectivity index (χ3v) is 5.91. The minimum atomic E-state index is -2.92. The molecule has 3 heterocycles. The molecule has 4 rings (SSSR count). The van der Waals surface area contributed by atoms with E-state index in [1.165, 1.54) is 6.07 Å². The molecule has 0 aromatic carbocycles. The highest BCUT2D eigenvalue weighted by molar-refractivity contribution is 6.30. The summed E-state index contributed by atoms with van der Waals surface area (Å²) >= 11 is 6.25. The Bertz CT molecular complexity index is 1110. The van der Waals surface area contributed by atoms with Crippen LogP contribution in [0.25, 0.3) is 0 Å². The van der Waals surface area contributed by atoms with Crippen LogP contribution in [-0.2, 0) is 19.5 Å². The summed E-state index contributed by atoms with van der Waals surface area (Å²) in [7, 11) is 0. The average Bonchev–Trinajstić information content (AvgIpc) is 3.50. The van der Waals surface area contributed by atoms with Crippen LogP contribution in [0.1, 0.15) is 40.8 Å². The predicted molar refractivity (Wildman–Crippen MR) is 109 cm³/mol. The second kappa shape index (κ2) is 8.26. The highest BCUT2D eigenvalue weighted by atomic mass is 35.5. The Morgan fingerprint density at radius 2 is 2.06 bits per heavy atom. The van der Waals surface area contributed by atoms with E-state index in [0.29, 0.717) is 43.1 Å². The van der Waals surface area contributed by atoms with E-state index in [2.05, 4.69) is 37.1 Å². The number of aryl methyl sites for hydroxylation is 1. The molecule has 0 spiro atoms. The van der Waals surface area contributed by atoms with Gasteiger partial charge in [0.25, 0.3) is 0 Å². The first-order chi connectivity index (χ1) is 14.8. The van der Waals surface area contributed by atoms with E-state index in [1.807, 2.05) is 0 Å². The molecule has 0 amide bonds. The molecule has 10 heteroatoms. The first kappa shape index (κ1) is 21.2. The molecule has 0 saturated heterocycles. The molecule has 31 heavy (non-hydrogen) atoms. The van der Waals surface area contributed by atoms with Crippen molar-refractivity contribution in [2.75, 3.05) is 11.9 Å². The number of aromatic nitrogens is 2. The number of halogens is 3. The van der Waals surface area contributed by atoms with Gasteiger partial charge in [0, 0.05) is 37.0 Å². The fourth-order valence-corrected chi connectivity index (χ4v) is 4.00. The number of ether oxygens (including phenoxy) is 1. The van der Waals surface area contributed by atoms with Crippen LogP contribution in [0.15, 0.2) is 12.1 Å². The minimum absolute atomic E-state index is 0.115. The quantitative estimate of drug-likeness (QED) is 0.674. The van der Waals surface area contributed by atoms with Crippen LogP contribution in [0.2, 0.25) is 5.15 Å². The second-order valence-electron chi connectivity index (χ2n) is 7.75. The van der Waals surface area contributed by atoms with Crippen molar-refractivity contribution in [3.05, 3.63) is 45.2 Å². The fraction of sp³-hybridized carbons (Fsp3) is 0.429. The number of hydrogen-bond donors (Lipinski definition) is 1. The molecule has 2 aliphatic rings. The number of rotatable bonds is 6. The standard InChI is InChI=1S/C21H19ClF2N6O/c1-12-13(2-3-17(27-12)31-20(23)24)9-30-7-4-14-15(8-25)18(22)28-19(16(14)10-30)29-21(11-26)5-6-21/h2-3,20H,4-7,9-10H2,1H3,(H,28,29). The number of anilines is 1.